The Labute approximate surface area is 143 Å². The molecule has 21 heavy (non-hydrogen) atoms. The molecule has 4 nitrogen and oxygen atoms in total. The molecule has 1 unspecified atom stereocenters. The number of hydrogen-bond acceptors (Lipinski definition) is 4. The summed E-state index contributed by atoms with van der Waals surface area (Å²) in [6.07, 6.45) is 6.07. The number of aromatic nitrogens is 1. The molecule has 1 atom stereocenters. The minimum atomic E-state index is 0. The number of aryl methyl sites for hydroxylation is 2. The minimum absolute atomic E-state index is 0. The molecule has 0 fully saturated rings. The van der Waals surface area contributed by atoms with E-state index in [1.54, 1.807) is 16.2 Å². The Hall–Kier alpha value is -0.360. The van der Waals surface area contributed by atoms with Crippen molar-refractivity contribution in [3.8, 4) is 0 Å². The van der Waals surface area contributed by atoms with Gasteiger partial charge in [-0.2, -0.15) is 0 Å². The van der Waals surface area contributed by atoms with Crippen LogP contribution < -0.4 is 5.73 Å². The zero-order chi connectivity index (χ0) is 13.8. The molecular weight excluding hydrogens is 329 g/mol. The quantitative estimate of drug-likeness (QED) is 0.884. The minimum Gasteiger partial charge on any atom is -0.339 e. The van der Waals surface area contributed by atoms with E-state index in [0.717, 1.165) is 24.3 Å². The largest absolute Gasteiger partial charge is 0.339 e. The van der Waals surface area contributed by atoms with Crippen molar-refractivity contribution in [2.75, 3.05) is 7.05 Å². The Morgan fingerprint density at radius 1 is 1.38 bits per heavy atom. The second-order valence-corrected chi connectivity index (χ2v) is 6.62. The summed E-state index contributed by atoms with van der Waals surface area (Å²) in [5.41, 5.74) is 6.94. The van der Waals surface area contributed by atoms with Gasteiger partial charge in [0.2, 0.25) is 5.91 Å². The van der Waals surface area contributed by atoms with Crippen LogP contribution in [-0.2, 0) is 24.2 Å². The number of carbonyl (C=O) groups is 1. The molecule has 1 aromatic rings. The fourth-order valence-electron chi connectivity index (χ4n) is 2.31. The predicted molar refractivity (Wildman–Crippen MR) is 92.6 cm³/mol. The first-order valence-electron chi connectivity index (χ1n) is 7.03. The molecule has 122 valence electrons. The average molecular weight is 354 g/mol. The maximum Gasteiger partial charge on any atom is 0.222 e. The van der Waals surface area contributed by atoms with Crippen LogP contribution in [0.4, 0.5) is 0 Å². The lowest BCUT2D eigenvalue weighted by Gasteiger charge is -2.16. The molecule has 2 N–H and O–H groups in total. The summed E-state index contributed by atoms with van der Waals surface area (Å²) in [4.78, 5) is 19.8. The number of amides is 1. The Bertz CT molecular complexity index is 428. The summed E-state index contributed by atoms with van der Waals surface area (Å²) in [7, 11) is 1.85. The molecule has 0 aromatic carbocycles. The van der Waals surface area contributed by atoms with Crippen LogP contribution in [0.1, 0.15) is 48.2 Å². The summed E-state index contributed by atoms with van der Waals surface area (Å²) in [5.74, 6) is 0.158. The van der Waals surface area contributed by atoms with Gasteiger partial charge in [0.25, 0.3) is 0 Å². The highest BCUT2D eigenvalue weighted by Gasteiger charge is 2.17. The van der Waals surface area contributed by atoms with E-state index in [2.05, 4.69) is 4.98 Å². The maximum atomic E-state index is 11.9. The highest BCUT2D eigenvalue weighted by Crippen LogP contribution is 2.27. The van der Waals surface area contributed by atoms with Gasteiger partial charge in [0.1, 0.15) is 5.01 Å². The van der Waals surface area contributed by atoms with Crippen LogP contribution in [0.2, 0.25) is 0 Å². The van der Waals surface area contributed by atoms with Crippen LogP contribution in [0.5, 0.6) is 0 Å². The van der Waals surface area contributed by atoms with Gasteiger partial charge in [-0.1, -0.05) is 0 Å². The van der Waals surface area contributed by atoms with Crippen LogP contribution in [0.3, 0.4) is 0 Å². The first-order valence-corrected chi connectivity index (χ1v) is 7.85. The summed E-state index contributed by atoms with van der Waals surface area (Å²) in [5, 5.41) is 1.07. The van der Waals surface area contributed by atoms with Gasteiger partial charge in [0.15, 0.2) is 0 Å². The standard InChI is InChI=1S/C14H23N3OS.2ClH/c1-10(15)7-8-14(18)17(2)9-13-16-11-5-3-4-6-12(11)19-13;;/h10H,3-9,15H2,1-2H3;2*1H. The number of hydrogen-bond donors (Lipinski definition) is 1. The molecule has 1 aromatic heterocycles. The van der Waals surface area contributed by atoms with Gasteiger partial charge in [-0.05, 0) is 39.0 Å². The molecule has 0 saturated carbocycles. The number of thiazole rings is 1. The molecule has 1 amide bonds. The van der Waals surface area contributed by atoms with Crippen molar-refractivity contribution in [3.63, 3.8) is 0 Å². The van der Waals surface area contributed by atoms with Gasteiger partial charge in [0, 0.05) is 24.4 Å². The van der Waals surface area contributed by atoms with Gasteiger partial charge in [-0.25, -0.2) is 4.98 Å². The van der Waals surface area contributed by atoms with E-state index in [1.807, 2.05) is 14.0 Å². The third kappa shape index (κ3) is 6.10. The molecule has 0 saturated heterocycles. The van der Waals surface area contributed by atoms with Gasteiger partial charge < -0.3 is 10.6 Å². The fraction of sp³-hybridized carbons (Fsp3) is 0.714. The number of nitrogens with zero attached hydrogens (tertiary/aromatic N) is 2. The van der Waals surface area contributed by atoms with E-state index >= 15 is 0 Å². The molecular formula is C14H25Cl2N3OS. The Morgan fingerprint density at radius 3 is 2.67 bits per heavy atom. The molecule has 0 bridgehead atoms. The van der Waals surface area contributed by atoms with Crippen molar-refractivity contribution in [3.05, 3.63) is 15.6 Å². The van der Waals surface area contributed by atoms with E-state index in [-0.39, 0.29) is 36.8 Å². The lowest BCUT2D eigenvalue weighted by Crippen LogP contribution is -2.27. The Kier molecular flexibility index (Phi) is 9.45. The Balaban J connectivity index is 0.00000200. The van der Waals surface area contributed by atoms with Crippen molar-refractivity contribution in [2.45, 2.75) is 58.0 Å². The van der Waals surface area contributed by atoms with E-state index < -0.39 is 0 Å². The van der Waals surface area contributed by atoms with E-state index in [1.165, 1.54) is 23.4 Å². The van der Waals surface area contributed by atoms with Crippen molar-refractivity contribution in [1.29, 1.82) is 0 Å². The second kappa shape index (κ2) is 9.62. The molecule has 0 aliphatic heterocycles. The van der Waals surface area contributed by atoms with Crippen molar-refractivity contribution in [1.82, 2.24) is 9.88 Å². The Morgan fingerprint density at radius 2 is 2.05 bits per heavy atom. The number of fused-ring (bicyclic) bond motifs is 1. The van der Waals surface area contributed by atoms with Gasteiger partial charge in [-0.15, -0.1) is 36.2 Å². The molecule has 2 rings (SSSR count). The number of nitrogens with two attached hydrogens (primary N) is 1. The van der Waals surface area contributed by atoms with Crippen molar-refractivity contribution in [2.24, 2.45) is 5.73 Å². The van der Waals surface area contributed by atoms with Crippen LogP contribution in [-0.4, -0.2) is 28.9 Å². The first kappa shape index (κ1) is 20.6. The van der Waals surface area contributed by atoms with E-state index in [4.69, 9.17) is 5.73 Å². The molecule has 7 heteroatoms. The lowest BCUT2D eigenvalue weighted by atomic mass is 10.0. The third-order valence-corrected chi connectivity index (χ3v) is 4.64. The fourth-order valence-corrected chi connectivity index (χ4v) is 3.52. The molecule has 0 radical (unpaired) electrons. The molecule has 0 spiro atoms. The van der Waals surface area contributed by atoms with Gasteiger partial charge >= 0.3 is 0 Å². The average Bonchev–Trinajstić information content (AvgIpc) is 2.77. The lowest BCUT2D eigenvalue weighted by molar-refractivity contribution is -0.130. The second-order valence-electron chi connectivity index (χ2n) is 5.45. The summed E-state index contributed by atoms with van der Waals surface area (Å²) in [6, 6.07) is 0.0875. The maximum absolute atomic E-state index is 11.9. The number of rotatable bonds is 5. The van der Waals surface area contributed by atoms with Crippen molar-refractivity contribution >= 4 is 42.1 Å². The highest BCUT2D eigenvalue weighted by atomic mass is 35.5. The highest BCUT2D eigenvalue weighted by molar-refractivity contribution is 7.11. The molecule has 1 heterocycles. The van der Waals surface area contributed by atoms with Gasteiger partial charge in [0.05, 0.1) is 12.2 Å². The number of halogens is 2. The molecule has 1 aliphatic rings. The SMILES string of the molecule is CC(N)CCC(=O)N(C)Cc1nc2c(s1)CCCC2.Cl.Cl. The zero-order valence-electron chi connectivity index (χ0n) is 12.6. The first-order chi connectivity index (χ1) is 9.06. The van der Waals surface area contributed by atoms with Crippen LogP contribution in [0.25, 0.3) is 0 Å². The third-order valence-electron chi connectivity index (χ3n) is 3.50. The van der Waals surface area contributed by atoms with Crippen LogP contribution in [0.15, 0.2) is 0 Å². The zero-order valence-corrected chi connectivity index (χ0v) is 15.1. The summed E-state index contributed by atoms with van der Waals surface area (Å²) < 4.78 is 0. The van der Waals surface area contributed by atoms with Crippen molar-refractivity contribution < 1.29 is 4.79 Å². The molecule has 1 aliphatic carbocycles. The van der Waals surface area contributed by atoms with E-state index in [9.17, 15) is 4.79 Å². The summed E-state index contributed by atoms with van der Waals surface area (Å²) >= 11 is 1.78. The smallest absolute Gasteiger partial charge is 0.222 e. The monoisotopic (exact) mass is 353 g/mol. The number of carbonyl (C=O) groups excluding carboxylic acids is 1. The summed E-state index contributed by atoms with van der Waals surface area (Å²) in [6.45, 7) is 2.57. The van der Waals surface area contributed by atoms with Crippen LogP contribution in [0, 0.1) is 0 Å². The van der Waals surface area contributed by atoms with E-state index in [0.29, 0.717) is 13.0 Å². The van der Waals surface area contributed by atoms with Gasteiger partial charge in [-0.3, -0.25) is 4.79 Å². The predicted octanol–water partition coefficient (Wildman–Crippen LogP) is 2.95. The van der Waals surface area contributed by atoms with Crippen LogP contribution >= 0.6 is 36.2 Å². The normalized spacial score (nSPS) is 14.4. The topological polar surface area (TPSA) is 59.2 Å².